The van der Waals surface area contributed by atoms with Crippen molar-refractivity contribution in [2.75, 3.05) is 17.6 Å². The van der Waals surface area contributed by atoms with Crippen molar-refractivity contribution in [2.45, 2.75) is 32.4 Å². The van der Waals surface area contributed by atoms with E-state index < -0.39 is 0 Å². The quantitative estimate of drug-likeness (QED) is 0.650. The summed E-state index contributed by atoms with van der Waals surface area (Å²) in [4.78, 5) is 26.0. The van der Waals surface area contributed by atoms with E-state index in [0.29, 0.717) is 5.95 Å². The van der Waals surface area contributed by atoms with Gasteiger partial charge in [0.1, 0.15) is 0 Å². The van der Waals surface area contributed by atoms with Crippen LogP contribution in [0, 0.1) is 6.92 Å². The highest BCUT2D eigenvalue weighted by Gasteiger charge is 2.02. The molecule has 2 aromatic rings. The van der Waals surface area contributed by atoms with Crippen molar-refractivity contribution >= 4 is 17.7 Å². The largest absolute Gasteiger partial charge is 0.355 e. The summed E-state index contributed by atoms with van der Waals surface area (Å²) in [5.41, 5.74) is 2.95. The molecule has 6 nitrogen and oxygen atoms in total. The van der Waals surface area contributed by atoms with Gasteiger partial charge in [-0.25, -0.2) is 9.97 Å². The van der Waals surface area contributed by atoms with Crippen LogP contribution < -0.4 is 10.9 Å². The second-order valence-corrected chi connectivity index (χ2v) is 5.89. The molecule has 0 unspecified atom stereocenters. The lowest BCUT2D eigenvalue weighted by atomic mass is 10.2. The van der Waals surface area contributed by atoms with E-state index in [1.54, 1.807) is 24.2 Å². The Morgan fingerprint density at radius 1 is 1.43 bits per heavy atom. The number of imidazole rings is 1. The number of hydrogen-bond acceptors (Lipinski definition) is 5. The fraction of sp³-hybridized carbons (Fsp3) is 0.500. The van der Waals surface area contributed by atoms with E-state index in [9.17, 15) is 4.79 Å². The van der Waals surface area contributed by atoms with E-state index in [2.05, 4.69) is 32.2 Å². The summed E-state index contributed by atoms with van der Waals surface area (Å²) in [6.45, 7) is 4.85. The summed E-state index contributed by atoms with van der Waals surface area (Å²) >= 11 is 1.80. The van der Waals surface area contributed by atoms with Gasteiger partial charge in [0.2, 0.25) is 5.95 Å². The van der Waals surface area contributed by atoms with Crippen LogP contribution in [-0.4, -0.2) is 32.2 Å². The lowest BCUT2D eigenvalue weighted by Crippen LogP contribution is -2.15. The Hall–Kier alpha value is -1.76. The van der Waals surface area contributed by atoms with E-state index in [0.717, 1.165) is 48.0 Å². The van der Waals surface area contributed by atoms with E-state index in [1.165, 1.54) is 0 Å². The second kappa shape index (κ2) is 7.87. The fourth-order valence-corrected chi connectivity index (χ4v) is 2.79. The van der Waals surface area contributed by atoms with Crippen LogP contribution in [0.1, 0.15) is 30.4 Å². The van der Waals surface area contributed by atoms with Crippen LogP contribution in [0.4, 0.5) is 5.95 Å². The van der Waals surface area contributed by atoms with E-state index in [1.807, 2.05) is 6.92 Å². The molecule has 0 aliphatic carbocycles. The topological polar surface area (TPSA) is 86.5 Å². The first kappa shape index (κ1) is 15.6. The van der Waals surface area contributed by atoms with Crippen molar-refractivity contribution in [1.82, 2.24) is 19.9 Å². The Labute approximate surface area is 128 Å². The second-order valence-electron chi connectivity index (χ2n) is 4.79. The number of H-pyrrole nitrogens is 2. The third-order valence-electron chi connectivity index (χ3n) is 3.01. The Balaban J connectivity index is 1.75. The van der Waals surface area contributed by atoms with Gasteiger partial charge in [-0.05, 0) is 13.3 Å². The van der Waals surface area contributed by atoms with Crippen LogP contribution in [0.5, 0.6) is 0 Å². The number of aromatic nitrogens is 4. The number of nitrogens with one attached hydrogen (secondary N) is 3. The molecule has 3 N–H and O–H groups in total. The minimum Gasteiger partial charge on any atom is -0.355 e. The molecule has 0 aliphatic heterocycles. The smallest absolute Gasteiger partial charge is 0.252 e. The molecule has 2 rings (SSSR count). The minimum atomic E-state index is -0.101. The van der Waals surface area contributed by atoms with Crippen LogP contribution >= 0.6 is 11.8 Å². The monoisotopic (exact) mass is 307 g/mol. The minimum absolute atomic E-state index is 0.101. The summed E-state index contributed by atoms with van der Waals surface area (Å²) in [7, 11) is 0. The SMILES string of the molecule is CCCc1cc(=O)[nH]c(NCCSCc2nc[nH]c2C)n1. The summed E-state index contributed by atoms with van der Waals surface area (Å²) < 4.78 is 0. The Bertz CT molecular complexity index is 622. The molecule has 0 spiro atoms. The van der Waals surface area contributed by atoms with E-state index >= 15 is 0 Å². The third-order valence-corrected chi connectivity index (χ3v) is 3.98. The molecule has 0 amide bonds. The highest BCUT2D eigenvalue weighted by atomic mass is 32.2. The lowest BCUT2D eigenvalue weighted by Gasteiger charge is -2.06. The normalized spacial score (nSPS) is 10.8. The lowest BCUT2D eigenvalue weighted by molar-refractivity contribution is 0.866. The summed E-state index contributed by atoms with van der Waals surface area (Å²) in [5, 5.41) is 3.16. The van der Waals surface area contributed by atoms with Crippen LogP contribution in [0.25, 0.3) is 0 Å². The van der Waals surface area contributed by atoms with Gasteiger partial charge in [-0.15, -0.1) is 0 Å². The zero-order chi connectivity index (χ0) is 15.1. The maximum atomic E-state index is 11.5. The van der Waals surface area contributed by atoms with Gasteiger partial charge < -0.3 is 10.3 Å². The van der Waals surface area contributed by atoms with Crippen LogP contribution in [0.3, 0.4) is 0 Å². The molecule has 0 saturated heterocycles. The summed E-state index contributed by atoms with van der Waals surface area (Å²) in [6.07, 6.45) is 3.53. The van der Waals surface area contributed by atoms with Crippen molar-refractivity contribution in [3.63, 3.8) is 0 Å². The predicted octanol–water partition coefficient (Wildman–Crippen LogP) is 2.10. The molecular formula is C14H21N5OS. The predicted molar refractivity (Wildman–Crippen MR) is 86.8 cm³/mol. The van der Waals surface area contributed by atoms with Crippen LogP contribution in [-0.2, 0) is 12.2 Å². The average molecular weight is 307 g/mol. The van der Waals surface area contributed by atoms with Gasteiger partial charge >= 0.3 is 0 Å². The molecule has 114 valence electrons. The van der Waals surface area contributed by atoms with Gasteiger partial charge in [0.25, 0.3) is 5.56 Å². The Morgan fingerprint density at radius 3 is 3.00 bits per heavy atom. The van der Waals surface area contributed by atoms with Gasteiger partial charge in [0, 0.05) is 35.5 Å². The first-order valence-corrected chi connectivity index (χ1v) is 8.25. The zero-order valence-corrected chi connectivity index (χ0v) is 13.2. The van der Waals surface area contributed by atoms with Crippen molar-refractivity contribution < 1.29 is 0 Å². The molecule has 2 heterocycles. The first-order valence-electron chi connectivity index (χ1n) is 7.09. The fourth-order valence-electron chi connectivity index (χ4n) is 1.92. The molecule has 0 saturated carbocycles. The molecular weight excluding hydrogens is 286 g/mol. The standard InChI is InChI=1S/C14H21N5OS/c1-3-4-11-7-13(20)19-14(18-11)15-5-6-21-8-12-10(2)16-9-17-12/h7,9H,3-6,8H2,1-2H3,(H,16,17)(H2,15,18,19,20). The highest BCUT2D eigenvalue weighted by molar-refractivity contribution is 7.98. The molecule has 0 aliphatic rings. The van der Waals surface area contributed by atoms with Gasteiger partial charge in [0.15, 0.2) is 0 Å². The maximum Gasteiger partial charge on any atom is 0.252 e. The average Bonchev–Trinajstić information content (AvgIpc) is 2.84. The summed E-state index contributed by atoms with van der Waals surface area (Å²) in [5.74, 6) is 2.37. The molecule has 0 radical (unpaired) electrons. The summed E-state index contributed by atoms with van der Waals surface area (Å²) in [6, 6.07) is 1.56. The maximum absolute atomic E-state index is 11.5. The van der Waals surface area contributed by atoms with Gasteiger partial charge in [-0.3, -0.25) is 9.78 Å². The highest BCUT2D eigenvalue weighted by Crippen LogP contribution is 2.12. The van der Waals surface area contributed by atoms with E-state index in [-0.39, 0.29) is 5.56 Å². The number of thioether (sulfide) groups is 1. The number of anilines is 1. The van der Waals surface area contributed by atoms with Crippen molar-refractivity contribution in [1.29, 1.82) is 0 Å². The molecule has 21 heavy (non-hydrogen) atoms. The van der Waals surface area contributed by atoms with Crippen LogP contribution in [0.15, 0.2) is 17.2 Å². The zero-order valence-electron chi connectivity index (χ0n) is 12.4. The van der Waals surface area contributed by atoms with Gasteiger partial charge in [-0.2, -0.15) is 11.8 Å². The molecule has 0 atom stereocenters. The van der Waals surface area contributed by atoms with Crippen molar-refractivity contribution in [3.8, 4) is 0 Å². The van der Waals surface area contributed by atoms with E-state index in [4.69, 9.17) is 0 Å². The molecule has 2 aromatic heterocycles. The van der Waals surface area contributed by atoms with Gasteiger partial charge in [-0.1, -0.05) is 13.3 Å². The molecule has 7 heteroatoms. The van der Waals surface area contributed by atoms with Crippen molar-refractivity contribution in [2.24, 2.45) is 0 Å². The number of aromatic amines is 2. The first-order chi connectivity index (χ1) is 10.2. The third kappa shape index (κ3) is 4.93. The molecule has 0 fully saturated rings. The Kier molecular flexibility index (Phi) is 5.86. The van der Waals surface area contributed by atoms with Crippen LogP contribution in [0.2, 0.25) is 0 Å². The van der Waals surface area contributed by atoms with Gasteiger partial charge in [0.05, 0.1) is 12.0 Å². The number of rotatable bonds is 8. The number of hydrogen-bond donors (Lipinski definition) is 3. The number of nitrogens with zero attached hydrogens (tertiary/aromatic N) is 2. The number of aryl methyl sites for hydroxylation is 2. The molecule has 0 aromatic carbocycles. The Morgan fingerprint density at radius 2 is 2.29 bits per heavy atom. The van der Waals surface area contributed by atoms with Crippen molar-refractivity contribution in [3.05, 3.63) is 39.8 Å². The molecule has 0 bridgehead atoms.